The lowest BCUT2D eigenvalue weighted by Gasteiger charge is -2.05. The van der Waals surface area contributed by atoms with E-state index in [1.54, 1.807) is 18.2 Å². The van der Waals surface area contributed by atoms with Gasteiger partial charge in [-0.15, -0.1) is 0 Å². The second kappa shape index (κ2) is 5.76. The molecule has 0 N–H and O–H groups in total. The van der Waals surface area contributed by atoms with Gasteiger partial charge in [0, 0.05) is 5.39 Å². The van der Waals surface area contributed by atoms with E-state index in [2.05, 4.69) is 0 Å². The Morgan fingerprint density at radius 3 is 2.35 bits per heavy atom. The van der Waals surface area contributed by atoms with Crippen LogP contribution in [-0.4, -0.2) is 5.78 Å². The van der Waals surface area contributed by atoms with Crippen LogP contribution < -0.4 is 0 Å². The fraction of sp³-hybridized carbons (Fsp3) is 0.0556. The van der Waals surface area contributed by atoms with Crippen molar-refractivity contribution < 1.29 is 22.4 Å². The van der Waals surface area contributed by atoms with E-state index in [4.69, 9.17) is 4.42 Å². The summed E-state index contributed by atoms with van der Waals surface area (Å²) < 4.78 is 42.8. The predicted molar refractivity (Wildman–Crippen MR) is 81.0 cm³/mol. The van der Waals surface area contributed by atoms with E-state index < -0.39 is 11.7 Å². The highest BCUT2D eigenvalue weighted by Crippen LogP contribution is 2.29. The third kappa shape index (κ3) is 3.34. The lowest BCUT2D eigenvalue weighted by atomic mass is 10.1. The molecule has 0 saturated heterocycles. The summed E-state index contributed by atoms with van der Waals surface area (Å²) in [6.45, 7) is 0. The maximum atomic E-state index is 12.5. The second-order valence-electron chi connectivity index (χ2n) is 4.97. The molecule has 0 radical (unpaired) electrons. The first-order valence-electron chi connectivity index (χ1n) is 6.82. The van der Waals surface area contributed by atoms with Crippen LogP contribution in [0.25, 0.3) is 17.0 Å². The first-order chi connectivity index (χ1) is 10.9. The minimum Gasteiger partial charge on any atom is -0.453 e. The molecule has 5 heteroatoms. The number of halogens is 3. The summed E-state index contributed by atoms with van der Waals surface area (Å²) in [4.78, 5) is 12.1. The van der Waals surface area contributed by atoms with Gasteiger partial charge in [-0.25, -0.2) is 0 Å². The number of hydrogen-bond acceptors (Lipinski definition) is 2. The number of ketones is 1. The van der Waals surface area contributed by atoms with Gasteiger partial charge in [-0.3, -0.25) is 4.79 Å². The van der Waals surface area contributed by atoms with E-state index in [1.807, 2.05) is 12.1 Å². The molecule has 3 aromatic rings. The topological polar surface area (TPSA) is 30.2 Å². The summed E-state index contributed by atoms with van der Waals surface area (Å²) in [6.07, 6.45) is -1.64. The van der Waals surface area contributed by atoms with E-state index in [9.17, 15) is 18.0 Å². The van der Waals surface area contributed by atoms with Crippen LogP contribution in [0.1, 0.15) is 21.7 Å². The minimum absolute atomic E-state index is 0.189. The van der Waals surface area contributed by atoms with Crippen molar-refractivity contribution in [2.24, 2.45) is 0 Å². The fourth-order valence-corrected chi connectivity index (χ4v) is 2.14. The van der Waals surface area contributed by atoms with Gasteiger partial charge in [-0.05, 0) is 35.9 Å². The maximum absolute atomic E-state index is 12.5. The van der Waals surface area contributed by atoms with Gasteiger partial charge >= 0.3 is 6.18 Å². The Bertz CT molecular complexity index is 838. The van der Waals surface area contributed by atoms with Crippen molar-refractivity contribution in [3.63, 3.8) is 0 Å². The molecular weight excluding hydrogens is 305 g/mol. The lowest BCUT2D eigenvalue weighted by molar-refractivity contribution is -0.137. The number of alkyl halides is 3. The molecular formula is C18H11F3O2. The number of rotatable bonds is 3. The zero-order chi connectivity index (χ0) is 16.4. The first-order valence-corrected chi connectivity index (χ1v) is 6.82. The van der Waals surface area contributed by atoms with Crippen LogP contribution in [-0.2, 0) is 6.18 Å². The molecule has 0 aliphatic heterocycles. The molecule has 0 fully saturated rings. The van der Waals surface area contributed by atoms with Gasteiger partial charge in [0.25, 0.3) is 0 Å². The van der Waals surface area contributed by atoms with Crippen LogP contribution >= 0.6 is 0 Å². The van der Waals surface area contributed by atoms with Crippen LogP contribution in [0.2, 0.25) is 0 Å². The Labute approximate surface area is 129 Å². The number of allylic oxidation sites excluding steroid dienone is 1. The van der Waals surface area contributed by atoms with Gasteiger partial charge in [0.2, 0.25) is 5.78 Å². The molecule has 0 spiro atoms. The van der Waals surface area contributed by atoms with Crippen molar-refractivity contribution in [1.29, 1.82) is 0 Å². The molecule has 2 aromatic carbocycles. The standard InChI is InChI=1S/C18H11F3O2/c19-18(20,21)14-8-5-12(6-9-14)7-10-15(22)17-11-13-3-1-2-4-16(13)23-17/h1-11H/b10-7+. The van der Waals surface area contributed by atoms with E-state index in [-0.39, 0.29) is 11.5 Å². The van der Waals surface area contributed by atoms with E-state index >= 15 is 0 Å². The molecule has 3 rings (SSSR count). The van der Waals surface area contributed by atoms with Crippen molar-refractivity contribution >= 4 is 22.8 Å². The predicted octanol–water partition coefficient (Wildman–Crippen LogP) is 5.35. The van der Waals surface area contributed by atoms with Gasteiger partial charge in [0.1, 0.15) is 5.58 Å². The van der Waals surface area contributed by atoms with Crippen molar-refractivity contribution in [3.05, 3.63) is 77.6 Å². The maximum Gasteiger partial charge on any atom is 0.416 e. The molecule has 1 heterocycles. The first kappa shape index (κ1) is 15.1. The highest BCUT2D eigenvalue weighted by molar-refractivity contribution is 6.06. The number of furan rings is 1. The molecule has 0 aliphatic carbocycles. The number of hydrogen-bond donors (Lipinski definition) is 0. The number of carbonyl (C=O) groups excluding carboxylic acids is 1. The number of benzene rings is 2. The zero-order valence-electron chi connectivity index (χ0n) is 11.8. The largest absolute Gasteiger partial charge is 0.453 e. The van der Waals surface area contributed by atoms with E-state index in [0.717, 1.165) is 17.5 Å². The molecule has 0 bridgehead atoms. The minimum atomic E-state index is -4.37. The van der Waals surface area contributed by atoms with Crippen molar-refractivity contribution in [2.45, 2.75) is 6.18 Å². The highest BCUT2D eigenvalue weighted by Gasteiger charge is 2.29. The fourth-order valence-electron chi connectivity index (χ4n) is 2.14. The Kier molecular flexibility index (Phi) is 3.78. The Hall–Kier alpha value is -2.82. The number of carbonyl (C=O) groups is 1. The van der Waals surface area contributed by atoms with E-state index in [0.29, 0.717) is 11.1 Å². The summed E-state index contributed by atoms with van der Waals surface area (Å²) in [6, 6.07) is 13.4. The van der Waals surface area contributed by atoms with E-state index in [1.165, 1.54) is 24.3 Å². The van der Waals surface area contributed by atoms with Gasteiger partial charge in [-0.1, -0.05) is 36.4 Å². The average molecular weight is 316 g/mol. The summed E-state index contributed by atoms with van der Waals surface area (Å²) in [5.41, 5.74) is 0.388. The molecule has 2 nitrogen and oxygen atoms in total. The molecule has 23 heavy (non-hydrogen) atoms. The molecule has 0 unspecified atom stereocenters. The summed E-state index contributed by atoms with van der Waals surface area (Å²) in [5.74, 6) is -0.157. The summed E-state index contributed by atoms with van der Waals surface area (Å²) in [5, 5.41) is 0.818. The summed E-state index contributed by atoms with van der Waals surface area (Å²) in [7, 11) is 0. The van der Waals surface area contributed by atoms with Gasteiger partial charge in [0.05, 0.1) is 5.56 Å². The quantitative estimate of drug-likeness (QED) is 0.482. The Morgan fingerprint density at radius 1 is 1.00 bits per heavy atom. The molecule has 116 valence electrons. The van der Waals surface area contributed by atoms with Crippen LogP contribution in [0, 0.1) is 0 Å². The second-order valence-corrected chi connectivity index (χ2v) is 4.97. The monoisotopic (exact) mass is 316 g/mol. The van der Waals surface area contributed by atoms with Crippen LogP contribution in [0.15, 0.2) is 65.1 Å². The molecule has 0 atom stereocenters. The smallest absolute Gasteiger partial charge is 0.416 e. The normalized spacial score (nSPS) is 12.1. The zero-order valence-corrected chi connectivity index (χ0v) is 11.8. The van der Waals surface area contributed by atoms with Crippen LogP contribution in [0.4, 0.5) is 13.2 Å². The third-order valence-electron chi connectivity index (χ3n) is 3.33. The van der Waals surface area contributed by atoms with Crippen molar-refractivity contribution in [1.82, 2.24) is 0 Å². The molecule has 0 saturated carbocycles. The molecule has 0 aliphatic rings. The van der Waals surface area contributed by atoms with Crippen molar-refractivity contribution in [2.75, 3.05) is 0 Å². The summed E-state index contributed by atoms with van der Waals surface area (Å²) >= 11 is 0. The Balaban J connectivity index is 1.78. The average Bonchev–Trinajstić information content (AvgIpc) is 2.96. The number of para-hydroxylation sites is 1. The van der Waals surface area contributed by atoms with Gasteiger partial charge < -0.3 is 4.42 Å². The Morgan fingerprint density at radius 2 is 1.70 bits per heavy atom. The van der Waals surface area contributed by atoms with Gasteiger partial charge in [0.15, 0.2) is 5.76 Å². The van der Waals surface area contributed by atoms with Crippen LogP contribution in [0.3, 0.4) is 0 Å². The highest BCUT2D eigenvalue weighted by atomic mass is 19.4. The lowest BCUT2D eigenvalue weighted by Crippen LogP contribution is -2.03. The molecule has 1 aromatic heterocycles. The number of fused-ring (bicyclic) bond motifs is 1. The third-order valence-corrected chi connectivity index (χ3v) is 3.33. The SMILES string of the molecule is O=C(/C=C/c1ccc(C(F)(F)F)cc1)c1cc2ccccc2o1. The van der Waals surface area contributed by atoms with Gasteiger partial charge in [-0.2, -0.15) is 13.2 Å². The van der Waals surface area contributed by atoms with Crippen LogP contribution in [0.5, 0.6) is 0 Å². The van der Waals surface area contributed by atoms with Crippen molar-refractivity contribution in [3.8, 4) is 0 Å². The molecule has 0 amide bonds.